The molecule has 0 aromatic carbocycles. The number of ether oxygens (including phenoxy) is 2. The van der Waals surface area contributed by atoms with E-state index in [0.717, 1.165) is 0 Å². The Morgan fingerprint density at radius 2 is 1.83 bits per heavy atom. The van der Waals surface area contributed by atoms with E-state index in [4.69, 9.17) is 10.2 Å². The van der Waals surface area contributed by atoms with Gasteiger partial charge in [-0.05, 0) is 6.92 Å². The van der Waals surface area contributed by atoms with Gasteiger partial charge in [-0.15, -0.1) is 0 Å². The minimum absolute atomic E-state index is 0.273. The van der Waals surface area contributed by atoms with Crippen molar-refractivity contribution in [2.75, 3.05) is 0 Å². The normalized spacial score (nSPS) is 11.4. The number of hydrogen-bond acceptors (Lipinski definition) is 4. The Morgan fingerprint density at radius 3 is 2.17 bits per heavy atom. The molecule has 0 aliphatic carbocycles. The van der Waals surface area contributed by atoms with Crippen LogP contribution in [0.3, 0.4) is 0 Å². The Kier molecular flexibility index (Phi) is 3.61. The van der Waals surface area contributed by atoms with E-state index in [-0.39, 0.29) is 5.76 Å². The highest BCUT2D eigenvalue weighted by atomic mass is 16.7. The largest absolute Gasteiger partial charge is 0.511 e. The molecule has 1 atom stereocenters. The zero-order valence-corrected chi connectivity index (χ0v) is 6.31. The molecule has 0 bridgehead atoms. The first kappa shape index (κ1) is 10.3. The number of carbonyl (C=O) groups is 2. The van der Waals surface area contributed by atoms with Gasteiger partial charge in [0.1, 0.15) is 5.76 Å². The lowest BCUT2D eigenvalue weighted by atomic mass is 10.3. The monoisotopic (exact) mass is 176 g/mol. The Morgan fingerprint density at radius 1 is 1.33 bits per heavy atom. The summed E-state index contributed by atoms with van der Waals surface area (Å²) < 4.78 is 8.19. The van der Waals surface area contributed by atoms with E-state index in [1.807, 2.05) is 0 Å². The molecule has 0 fully saturated rings. The van der Waals surface area contributed by atoms with Crippen molar-refractivity contribution in [3.63, 3.8) is 0 Å². The van der Waals surface area contributed by atoms with Gasteiger partial charge in [0.05, 0.1) is 0 Å². The fraction of sp³-hybridized carbons (Fsp3) is 0.333. The predicted molar refractivity (Wildman–Crippen MR) is 36.8 cm³/mol. The molecule has 12 heavy (non-hydrogen) atoms. The average molecular weight is 176 g/mol. The van der Waals surface area contributed by atoms with Crippen LogP contribution in [0.2, 0.25) is 0 Å². The smallest absolute Gasteiger partial charge is 0.450 e. The molecular formula is C6H8O6. The van der Waals surface area contributed by atoms with E-state index in [2.05, 4.69) is 16.1 Å². The zero-order valence-electron chi connectivity index (χ0n) is 6.31. The highest BCUT2D eigenvalue weighted by Gasteiger charge is 2.14. The summed E-state index contributed by atoms with van der Waals surface area (Å²) in [5, 5.41) is 16.2. The topological polar surface area (TPSA) is 93.1 Å². The number of hydrogen-bond donors (Lipinski definition) is 2. The van der Waals surface area contributed by atoms with Crippen LogP contribution in [0.1, 0.15) is 6.92 Å². The van der Waals surface area contributed by atoms with Gasteiger partial charge in [-0.1, -0.05) is 6.58 Å². The first-order valence-corrected chi connectivity index (χ1v) is 2.92. The maximum atomic E-state index is 9.93. The van der Waals surface area contributed by atoms with Crippen LogP contribution in [0.5, 0.6) is 0 Å². The van der Waals surface area contributed by atoms with Crippen LogP contribution in [0, 0.1) is 0 Å². The van der Waals surface area contributed by atoms with Crippen molar-refractivity contribution in [3.8, 4) is 0 Å². The fourth-order valence-corrected chi connectivity index (χ4v) is 0.412. The summed E-state index contributed by atoms with van der Waals surface area (Å²) in [5.41, 5.74) is 0. The van der Waals surface area contributed by atoms with Crippen molar-refractivity contribution in [2.45, 2.75) is 13.0 Å². The molecule has 0 heterocycles. The summed E-state index contributed by atoms with van der Waals surface area (Å²) in [4.78, 5) is 19.8. The molecule has 68 valence electrons. The van der Waals surface area contributed by atoms with Gasteiger partial charge in [-0.2, -0.15) is 0 Å². The number of rotatable bonds is 3. The Labute approximate surface area is 68.0 Å². The van der Waals surface area contributed by atoms with Crippen LogP contribution in [-0.4, -0.2) is 28.6 Å². The Bertz CT molecular complexity index is 208. The van der Waals surface area contributed by atoms with Crippen LogP contribution in [-0.2, 0) is 9.47 Å². The lowest BCUT2D eigenvalue weighted by molar-refractivity contribution is 0.0430. The van der Waals surface area contributed by atoms with Gasteiger partial charge in [-0.3, -0.25) is 0 Å². The second-order valence-electron chi connectivity index (χ2n) is 1.86. The molecule has 0 aliphatic heterocycles. The SMILES string of the molecule is C=C(OC(=O)O)C(C)OC(=O)O. The maximum Gasteiger partial charge on any atom is 0.511 e. The molecule has 0 saturated heterocycles. The zero-order chi connectivity index (χ0) is 9.72. The molecule has 1 unspecified atom stereocenters. The molecule has 0 aliphatic rings. The van der Waals surface area contributed by atoms with Crippen molar-refractivity contribution < 1.29 is 29.3 Å². The first-order chi connectivity index (χ1) is 5.43. The third-order valence-corrected chi connectivity index (χ3v) is 0.949. The third kappa shape index (κ3) is 4.15. The van der Waals surface area contributed by atoms with Crippen molar-refractivity contribution in [2.24, 2.45) is 0 Å². The molecule has 0 aromatic heterocycles. The van der Waals surface area contributed by atoms with E-state index in [0.29, 0.717) is 0 Å². The van der Waals surface area contributed by atoms with E-state index < -0.39 is 18.4 Å². The second kappa shape index (κ2) is 4.22. The van der Waals surface area contributed by atoms with E-state index in [9.17, 15) is 9.59 Å². The standard InChI is InChI=1S/C6H8O6/c1-3(11-5(7)8)4(2)12-6(9)10/h4H,1H2,2H3,(H,7,8)(H,9,10). The summed E-state index contributed by atoms with van der Waals surface area (Å²) in [6.45, 7) is 4.46. The predicted octanol–water partition coefficient (Wildman–Crippen LogP) is 1.28. The van der Waals surface area contributed by atoms with Crippen LogP contribution in [0.15, 0.2) is 12.3 Å². The highest BCUT2D eigenvalue weighted by Crippen LogP contribution is 2.05. The molecule has 6 heteroatoms. The molecule has 0 saturated carbocycles. The number of carboxylic acid groups (broad SMARTS) is 2. The van der Waals surface area contributed by atoms with Gasteiger partial charge in [0.15, 0.2) is 6.10 Å². The lowest BCUT2D eigenvalue weighted by Gasteiger charge is -2.11. The second-order valence-corrected chi connectivity index (χ2v) is 1.86. The van der Waals surface area contributed by atoms with Crippen molar-refractivity contribution in [1.82, 2.24) is 0 Å². The summed E-state index contributed by atoms with van der Waals surface area (Å²) >= 11 is 0. The molecule has 0 rings (SSSR count). The van der Waals surface area contributed by atoms with Crippen LogP contribution >= 0.6 is 0 Å². The summed E-state index contributed by atoms with van der Waals surface area (Å²) in [6.07, 6.45) is -4.07. The minimum atomic E-state index is -1.55. The maximum absolute atomic E-state index is 9.93. The molecule has 0 spiro atoms. The quantitative estimate of drug-likeness (QED) is 0.497. The van der Waals surface area contributed by atoms with E-state index in [1.165, 1.54) is 6.92 Å². The Hall–Kier alpha value is -1.72. The van der Waals surface area contributed by atoms with Gasteiger partial charge in [0.2, 0.25) is 0 Å². The molecule has 2 N–H and O–H groups in total. The summed E-state index contributed by atoms with van der Waals surface area (Å²) in [7, 11) is 0. The molecule has 0 amide bonds. The Balaban J connectivity index is 3.93. The third-order valence-electron chi connectivity index (χ3n) is 0.949. The van der Waals surface area contributed by atoms with Crippen molar-refractivity contribution in [1.29, 1.82) is 0 Å². The minimum Gasteiger partial charge on any atom is -0.450 e. The van der Waals surface area contributed by atoms with Crippen molar-refractivity contribution in [3.05, 3.63) is 12.3 Å². The van der Waals surface area contributed by atoms with Gasteiger partial charge < -0.3 is 19.7 Å². The first-order valence-electron chi connectivity index (χ1n) is 2.92. The molecular weight excluding hydrogens is 168 g/mol. The van der Waals surface area contributed by atoms with Gasteiger partial charge in [-0.25, -0.2) is 9.59 Å². The molecule has 6 nitrogen and oxygen atoms in total. The van der Waals surface area contributed by atoms with Crippen LogP contribution in [0.4, 0.5) is 9.59 Å². The van der Waals surface area contributed by atoms with Crippen molar-refractivity contribution >= 4 is 12.3 Å². The van der Waals surface area contributed by atoms with Gasteiger partial charge >= 0.3 is 12.3 Å². The fourth-order valence-electron chi connectivity index (χ4n) is 0.412. The van der Waals surface area contributed by atoms with Gasteiger partial charge in [0.25, 0.3) is 0 Å². The molecule has 0 radical (unpaired) electrons. The lowest BCUT2D eigenvalue weighted by Crippen LogP contribution is -2.18. The van der Waals surface area contributed by atoms with E-state index in [1.54, 1.807) is 0 Å². The van der Waals surface area contributed by atoms with E-state index >= 15 is 0 Å². The summed E-state index contributed by atoms with van der Waals surface area (Å²) in [5.74, 6) is -0.273. The summed E-state index contributed by atoms with van der Waals surface area (Å²) in [6, 6.07) is 0. The van der Waals surface area contributed by atoms with Gasteiger partial charge in [0, 0.05) is 0 Å². The average Bonchev–Trinajstić information content (AvgIpc) is 1.84. The van der Waals surface area contributed by atoms with Crippen LogP contribution < -0.4 is 0 Å². The van der Waals surface area contributed by atoms with Crippen LogP contribution in [0.25, 0.3) is 0 Å². The molecule has 0 aromatic rings. The highest BCUT2D eigenvalue weighted by molar-refractivity contribution is 5.59.